The Hall–Kier alpha value is -8.22. The molecule has 0 aliphatic heterocycles. The highest BCUT2D eigenvalue weighted by atomic mass is 15.0. The zero-order valence-corrected chi connectivity index (χ0v) is 40.7. The number of nitrogens with zero attached hydrogens (tertiary/aromatic N) is 6. The van der Waals surface area contributed by atoms with Crippen LogP contribution in [0.1, 0.15) is 57.1 Å². The van der Waals surface area contributed by atoms with E-state index in [1.54, 1.807) is 0 Å². The van der Waals surface area contributed by atoms with Crippen LogP contribution in [0.2, 0.25) is 0 Å². The monoisotopic (exact) mass is 930 g/mol. The lowest BCUT2D eigenvalue weighted by Crippen LogP contribution is -2.55. The van der Waals surface area contributed by atoms with Crippen LogP contribution in [0.15, 0.2) is 206 Å². The lowest BCUT2D eigenvalue weighted by molar-refractivity contribution is -0.0399. The van der Waals surface area contributed by atoms with E-state index in [-0.39, 0.29) is 5.41 Å². The van der Waals surface area contributed by atoms with Gasteiger partial charge in [0.25, 0.3) is 0 Å². The molecule has 4 fully saturated rings. The summed E-state index contributed by atoms with van der Waals surface area (Å²) in [6.45, 7) is 4.00. The van der Waals surface area contributed by atoms with E-state index in [2.05, 4.69) is 133 Å². The summed E-state index contributed by atoms with van der Waals surface area (Å²) >= 11 is 0. The van der Waals surface area contributed by atoms with Gasteiger partial charge in [-0.2, -0.15) is 0 Å². The SMILES string of the molecule is CC.c1ccc(-c2nc(-c3ccccc3)nc(-c3cccc(-c4cccc5c4-c4c(-c6cccc(-c7nc(-c8ccccc8)nc(-c8ccccc8)n7)c6)cccc4C54C5CC6CC(C5)CC4C6)c3)n2)cc1. The third-order valence-electron chi connectivity index (χ3n) is 16.0. The fourth-order valence-electron chi connectivity index (χ4n) is 13.3. The van der Waals surface area contributed by atoms with E-state index in [1.807, 2.05) is 86.6 Å². The van der Waals surface area contributed by atoms with E-state index in [9.17, 15) is 0 Å². The van der Waals surface area contributed by atoms with E-state index in [4.69, 9.17) is 29.9 Å². The van der Waals surface area contributed by atoms with Crippen molar-refractivity contribution in [2.45, 2.75) is 51.4 Å². The van der Waals surface area contributed by atoms with E-state index < -0.39 is 0 Å². The highest BCUT2D eigenvalue weighted by Crippen LogP contribution is 2.71. The fraction of sp³-hybridized carbons (Fsp3) is 0.182. The molecular formula is C66H54N6. The first-order chi connectivity index (χ1) is 35.6. The lowest BCUT2D eigenvalue weighted by atomic mass is 9.43. The molecule has 72 heavy (non-hydrogen) atoms. The highest BCUT2D eigenvalue weighted by Gasteiger charge is 2.62. The Morgan fingerprint density at radius 1 is 0.292 bits per heavy atom. The Morgan fingerprint density at radius 2 is 0.569 bits per heavy atom. The molecule has 8 aromatic carbocycles. The Kier molecular flexibility index (Phi) is 11.1. The van der Waals surface area contributed by atoms with Gasteiger partial charge in [-0.05, 0) is 112 Å². The minimum Gasteiger partial charge on any atom is -0.208 e. The molecule has 0 amide bonds. The quantitative estimate of drug-likeness (QED) is 0.151. The fourth-order valence-corrected chi connectivity index (χ4v) is 13.3. The lowest BCUT2D eigenvalue weighted by Gasteiger charge is -2.61. The van der Waals surface area contributed by atoms with Gasteiger partial charge in [0.05, 0.1) is 0 Å². The number of aromatic nitrogens is 6. The average Bonchev–Trinajstić information content (AvgIpc) is 3.77. The number of hydrogen-bond acceptors (Lipinski definition) is 6. The Labute approximate surface area is 422 Å². The molecule has 5 aliphatic rings. The molecule has 4 saturated carbocycles. The maximum atomic E-state index is 5.16. The summed E-state index contributed by atoms with van der Waals surface area (Å²) in [5, 5.41) is 0. The molecular weight excluding hydrogens is 877 g/mol. The van der Waals surface area contributed by atoms with Gasteiger partial charge in [-0.25, -0.2) is 29.9 Å². The van der Waals surface area contributed by atoms with Crippen LogP contribution in [0.4, 0.5) is 0 Å². The van der Waals surface area contributed by atoms with Gasteiger partial charge < -0.3 is 0 Å². The summed E-state index contributed by atoms with van der Waals surface area (Å²) in [6, 6.07) is 73.0. The second-order valence-corrected chi connectivity index (χ2v) is 19.9. The first-order valence-corrected chi connectivity index (χ1v) is 25.9. The summed E-state index contributed by atoms with van der Waals surface area (Å²) in [4.78, 5) is 30.6. The molecule has 0 unspecified atom stereocenters. The molecule has 0 radical (unpaired) electrons. The maximum Gasteiger partial charge on any atom is 0.164 e. The summed E-state index contributed by atoms with van der Waals surface area (Å²) < 4.78 is 0. The zero-order valence-electron chi connectivity index (χ0n) is 40.7. The Bertz CT molecular complexity index is 3250. The van der Waals surface area contributed by atoms with Crippen LogP contribution in [0.25, 0.3) is 102 Å². The molecule has 1 spiro atoms. The van der Waals surface area contributed by atoms with Gasteiger partial charge in [0.15, 0.2) is 34.9 Å². The number of fused-ring (bicyclic) bond motifs is 3. The van der Waals surface area contributed by atoms with Gasteiger partial charge in [0.1, 0.15) is 0 Å². The van der Waals surface area contributed by atoms with Crippen molar-refractivity contribution in [1.29, 1.82) is 0 Å². The van der Waals surface area contributed by atoms with Crippen LogP contribution >= 0.6 is 0 Å². The van der Waals surface area contributed by atoms with Gasteiger partial charge in [-0.15, -0.1) is 0 Å². The molecule has 2 aromatic heterocycles. The molecule has 0 N–H and O–H groups in total. The van der Waals surface area contributed by atoms with E-state index >= 15 is 0 Å². The molecule has 10 aromatic rings. The van der Waals surface area contributed by atoms with Gasteiger partial charge in [-0.3, -0.25) is 0 Å². The minimum atomic E-state index is -0.0356. The van der Waals surface area contributed by atoms with Crippen LogP contribution in [0.5, 0.6) is 0 Å². The van der Waals surface area contributed by atoms with Gasteiger partial charge in [-0.1, -0.05) is 208 Å². The molecule has 4 bridgehead atoms. The van der Waals surface area contributed by atoms with E-state index in [1.165, 1.54) is 65.5 Å². The van der Waals surface area contributed by atoms with Gasteiger partial charge in [0.2, 0.25) is 0 Å². The van der Waals surface area contributed by atoms with Crippen molar-refractivity contribution >= 4 is 0 Å². The van der Waals surface area contributed by atoms with Crippen molar-refractivity contribution in [3.63, 3.8) is 0 Å². The third-order valence-corrected chi connectivity index (χ3v) is 16.0. The zero-order chi connectivity index (χ0) is 48.2. The smallest absolute Gasteiger partial charge is 0.164 e. The first-order valence-electron chi connectivity index (χ1n) is 25.9. The van der Waals surface area contributed by atoms with Gasteiger partial charge in [0, 0.05) is 38.8 Å². The average molecular weight is 931 g/mol. The third kappa shape index (κ3) is 7.39. The molecule has 2 heterocycles. The Morgan fingerprint density at radius 3 is 0.903 bits per heavy atom. The predicted molar refractivity (Wildman–Crippen MR) is 291 cm³/mol. The second-order valence-electron chi connectivity index (χ2n) is 19.9. The molecule has 0 atom stereocenters. The normalized spacial score (nSPS) is 18.5. The van der Waals surface area contributed by atoms with Crippen LogP contribution in [0, 0.1) is 23.7 Å². The maximum absolute atomic E-state index is 5.16. The van der Waals surface area contributed by atoms with E-state index in [0.29, 0.717) is 46.8 Å². The first kappa shape index (κ1) is 43.8. The molecule has 0 saturated heterocycles. The van der Waals surface area contributed by atoms with E-state index in [0.717, 1.165) is 56.3 Å². The molecule has 348 valence electrons. The van der Waals surface area contributed by atoms with Crippen LogP contribution in [-0.2, 0) is 5.41 Å². The van der Waals surface area contributed by atoms with Crippen molar-refractivity contribution in [2.24, 2.45) is 23.7 Å². The summed E-state index contributed by atoms with van der Waals surface area (Å²) in [5.74, 6) is 6.84. The summed E-state index contributed by atoms with van der Waals surface area (Å²) in [5.41, 5.74) is 16.3. The van der Waals surface area contributed by atoms with Crippen molar-refractivity contribution in [2.75, 3.05) is 0 Å². The van der Waals surface area contributed by atoms with Crippen molar-refractivity contribution in [3.8, 4) is 102 Å². The van der Waals surface area contributed by atoms with Crippen LogP contribution < -0.4 is 0 Å². The molecule has 6 heteroatoms. The summed E-state index contributed by atoms with van der Waals surface area (Å²) in [6.07, 6.45) is 6.65. The number of rotatable bonds is 8. The van der Waals surface area contributed by atoms with Crippen LogP contribution in [-0.4, -0.2) is 29.9 Å². The summed E-state index contributed by atoms with van der Waals surface area (Å²) in [7, 11) is 0. The Balaban J connectivity index is 0.00000249. The van der Waals surface area contributed by atoms with Crippen molar-refractivity contribution < 1.29 is 0 Å². The largest absolute Gasteiger partial charge is 0.208 e. The molecule has 5 aliphatic carbocycles. The van der Waals surface area contributed by atoms with Crippen molar-refractivity contribution in [3.05, 3.63) is 217 Å². The highest BCUT2D eigenvalue weighted by molar-refractivity contribution is 6.00. The minimum absolute atomic E-state index is 0.0356. The van der Waals surface area contributed by atoms with Gasteiger partial charge >= 0.3 is 0 Å². The van der Waals surface area contributed by atoms with Crippen molar-refractivity contribution in [1.82, 2.24) is 29.9 Å². The molecule has 6 nitrogen and oxygen atoms in total. The topological polar surface area (TPSA) is 77.3 Å². The second kappa shape index (κ2) is 18.2. The standard InChI is InChI=1S/C64H48N6.C2H6/c1-5-17-42(18-6-1)58-65-59(43-19-7-2-8-20-43)68-62(67-58)48-27-13-25-46(38-48)52-29-15-31-54-56(52)57-53(30-16-32-55(57)64(54)50-34-40-33-41(36-50)37-51(64)35-40)47-26-14-28-49(39-47)63-69-60(44-21-9-3-10-22-44)66-61(70-63)45-23-11-4-12-24-45;1-2/h1-32,38-41,50-51H,33-37H2;1-2H3. The predicted octanol–water partition coefficient (Wildman–Crippen LogP) is 16.1. The molecule has 15 rings (SSSR count). The van der Waals surface area contributed by atoms with Crippen LogP contribution in [0.3, 0.4) is 0 Å². The number of hydrogen-bond donors (Lipinski definition) is 0. The number of benzene rings is 8.